The molecule has 0 spiro atoms. The molecule has 0 aromatic heterocycles. The van der Waals surface area contributed by atoms with Gasteiger partial charge in [0.2, 0.25) is 0 Å². The summed E-state index contributed by atoms with van der Waals surface area (Å²) in [6, 6.07) is 9.24. The average molecular weight is 191 g/mol. The summed E-state index contributed by atoms with van der Waals surface area (Å²) in [6.07, 6.45) is 1.58. The van der Waals surface area contributed by atoms with Gasteiger partial charge in [0.05, 0.1) is 0 Å². The lowest BCUT2D eigenvalue weighted by molar-refractivity contribution is -0.102. The number of aldehydes is 1. The van der Waals surface area contributed by atoms with Crippen LogP contribution in [0.15, 0.2) is 35.5 Å². The zero-order chi connectivity index (χ0) is 10.2. The van der Waals surface area contributed by atoms with Gasteiger partial charge in [0.15, 0.2) is 6.29 Å². The van der Waals surface area contributed by atoms with Crippen LogP contribution in [0.4, 0.5) is 0 Å². The SMILES string of the molecule is CCCON=C(C=O)c1ccccc1. The predicted molar refractivity (Wildman–Crippen MR) is 55.3 cm³/mol. The van der Waals surface area contributed by atoms with Crippen molar-refractivity contribution in [2.75, 3.05) is 6.61 Å². The van der Waals surface area contributed by atoms with E-state index in [1.165, 1.54) is 0 Å². The second-order valence-electron chi connectivity index (χ2n) is 2.79. The highest BCUT2D eigenvalue weighted by Gasteiger charge is 2.00. The molecule has 3 nitrogen and oxygen atoms in total. The van der Waals surface area contributed by atoms with Crippen LogP contribution in [-0.2, 0) is 9.63 Å². The first-order chi connectivity index (χ1) is 6.88. The highest BCUT2D eigenvalue weighted by atomic mass is 16.6. The Hall–Kier alpha value is -1.64. The standard InChI is InChI=1S/C11H13NO2/c1-2-8-14-12-11(9-13)10-6-4-3-5-7-10/h3-7,9H,2,8H2,1H3. The minimum absolute atomic E-state index is 0.332. The molecule has 0 heterocycles. The second-order valence-corrected chi connectivity index (χ2v) is 2.79. The van der Waals surface area contributed by atoms with Crippen molar-refractivity contribution in [3.05, 3.63) is 35.9 Å². The van der Waals surface area contributed by atoms with Crippen LogP contribution in [0.1, 0.15) is 18.9 Å². The first kappa shape index (κ1) is 10.4. The van der Waals surface area contributed by atoms with Gasteiger partial charge >= 0.3 is 0 Å². The quantitative estimate of drug-likeness (QED) is 0.309. The molecular weight excluding hydrogens is 178 g/mol. The van der Waals surface area contributed by atoms with E-state index in [1.54, 1.807) is 0 Å². The molecule has 0 unspecified atom stereocenters. The van der Waals surface area contributed by atoms with E-state index in [2.05, 4.69) is 5.16 Å². The molecule has 14 heavy (non-hydrogen) atoms. The van der Waals surface area contributed by atoms with Crippen molar-refractivity contribution < 1.29 is 9.63 Å². The molecule has 1 aromatic carbocycles. The van der Waals surface area contributed by atoms with Gasteiger partial charge in [-0.3, -0.25) is 4.79 Å². The lowest BCUT2D eigenvalue weighted by atomic mass is 10.1. The molecule has 0 radical (unpaired) electrons. The number of benzene rings is 1. The Morgan fingerprint density at radius 1 is 1.43 bits per heavy atom. The summed E-state index contributed by atoms with van der Waals surface area (Å²) >= 11 is 0. The first-order valence-corrected chi connectivity index (χ1v) is 4.59. The van der Waals surface area contributed by atoms with E-state index < -0.39 is 0 Å². The van der Waals surface area contributed by atoms with Crippen molar-refractivity contribution in [2.45, 2.75) is 13.3 Å². The monoisotopic (exact) mass is 191 g/mol. The van der Waals surface area contributed by atoms with Crippen LogP contribution in [-0.4, -0.2) is 18.6 Å². The molecule has 0 aliphatic rings. The number of hydrogen-bond donors (Lipinski definition) is 0. The Bertz CT molecular complexity index is 306. The van der Waals surface area contributed by atoms with Crippen molar-refractivity contribution >= 4 is 12.0 Å². The Morgan fingerprint density at radius 2 is 2.14 bits per heavy atom. The van der Waals surface area contributed by atoms with Crippen LogP contribution in [0, 0.1) is 0 Å². The minimum atomic E-state index is 0.332. The first-order valence-electron chi connectivity index (χ1n) is 4.59. The van der Waals surface area contributed by atoms with Crippen molar-refractivity contribution in [3.8, 4) is 0 Å². The molecular formula is C11H13NO2. The third-order valence-corrected chi connectivity index (χ3v) is 1.64. The second kappa shape index (κ2) is 5.91. The van der Waals surface area contributed by atoms with Crippen LogP contribution < -0.4 is 0 Å². The van der Waals surface area contributed by atoms with Crippen LogP contribution >= 0.6 is 0 Å². The molecule has 0 atom stereocenters. The van der Waals surface area contributed by atoms with E-state index in [1.807, 2.05) is 37.3 Å². The van der Waals surface area contributed by atoms with E-state index in [-0.39, 0.29) is 0 Å². The number of carbonyl (C=O) groups is 1. The fraction of sp³-hybridized carbons (Fsp3) is 0.273. The molecule has 74 valence electrons. The summed E-state index contributed by atoms with van der Waals surface area (Å²) in [5, 5.41) is 3.75. The molecule has 3 heteroatoms. The molecule has 0 aliphatic heterocycles. The summed E-state index contributed by atoms with van der Waals surface area (Å²) in [5.41, 5.74) is 1.11. The minimum Gasteiger partial charge on any atom is -0.395 e. The highest BCUT2D eigenvalue weighted by molar-refractivity contribution is 6.36. The van der Waals surface area contributed by atoms with Gasteiger partial charge in [-0.25, -0.2) is 0 Å². The maximum atomic E-state index is 10.7. The van der Waals surface area contributed by atoms with Gasteiger partial charge in [-0.05, 0) is 6.42 Å². The fourth-order valence-electron chi connectivity index (χ4n) is 0.958. The van der Waals surface area contributed by atoms with Gasteiger partial charge in [0.25, 0.3) is 0 Å². The van der Waals surface area contributed by atoms with Crippen LogP contribution in [0.5, 0.6) is 0 Å². The normalized spacial score (nSPS) is 11.1. The summed E-state index contributed by atoms with van der Waals surface area (Å²) < 4.78 is 0. The van der Waals surface area contributed by atoms with E-state index in [4.69, 9.17) is 4.84 Å². The highest BCUT2D eigenvalue weighted by Crippen LogP contribution is 2.00. The van der Waals surface area contributed by atoms with Crippen molar-refractivity contribution in [2.24, 2.45) is 5.16 Å². The van der Waals surface area contributed by atoms with Gasteiger partial charge in [-0.15, -0.1) is 0 Å². The summed E-state index contributed by atoms with van der Waals surface area (Å²) in [7, 11) is 0. The summed E-state index contributed by atoms with van der Waals surface area (Å²) in [5.74, 6) is 0. The topological polar surface area (TPSA) is 38.7 Å². The Kier molecular flexibility index (Phi) is 4.41. The number of carbonyl (C=O) groups excluding carboxylic acids is 1. The molecule has 0 saturated carbocycles. The van der Waals surface area contributed by atoms with Gasteiger partial charge < -0.3 is 4.84 Å². The van der Waals surface area contributed by atoms with E-state index >= 15 is 0 Å². The van der Waals surface area contributed by atoms with Gasteiger partial charge in [0, 0.05) is 5.56 Å². The molecule has 0 fully saturated rings. The Morgan fingerprint density at radius 3 is 2.71 bits per heavy atom. The molecule has 0 aliphatic carbocycles. The maximum Gasteiger partial charge on any atom is 0.172 e. The maximum absolute atomic E-state index is 10.7. The smallest absolute Gasteiger partial charge is 0.172 e. The predicted octanol–water partition coefficient (Wildman–Crippen LogP) is 2.02. The lowest BCUT2D eigenvalue weighted by Gasteiger charge is -1.99. The van der Waals surface area contributed by atoms with Crippen LogP contribution in [0.3, 0.4) is 0 Å². The summed E-state index contributed by atoms with van der Waals surface area (Å²) in [4.78, 5) is 15.6. The third-order valence-electron chi connectivity index (χ3n) is 1.64. The largest absolute Gasteiger partial charge is 0.395 e. The molecule has 0 bridgehead atoms. The molecule has 0 N–H and O–H groups in total. The van der Waals surface area contributed by atoms with Crippen molar-refractivity contribution in [3.63, 3.8) is 0 Å². The number of oxime groups is 1. The van der Waals surface area contributed by atoms with E-state index in [0.29, 0.717) is 18.6 Å². The molecule has 0 amide bonds. The lowest BCUT2D eigenvalue weighted by Crippen LogP contribution is -2.03. The number of hydrogen-bond acceptors (Lipinski definition) is 3. The van der Waals surface area contributed by atoms with E-state index in [0.717, 1.165) is 12.0 Å². The molecule has 0 saturated heterocycles. The average Bonchev–Trinajstić information content (AvgIpc) is 2.26. The molecule has 1 aromatic rings. The van der Waals surface area contributed by atoms with Gasteiger partial charge in [-0.1, -0.05) is 42.4 Å². The number of nitrogens with zero attached hydrogens (tertiary/aromatic N) is 1. The van der Waals surface area contributed by atoms with Crippen LogP contribution in [0.2, 0.25) is 0 Å². The fourth-order valence-corrected chi connectivity index (χ4v) is 0.958. The zero-order valence-corrected chi connectivity index (χ0v) is 8.14. The van der Waals surface area contributed by atoms with E-state index in [9.17, 15) is 4.79 Å². The zero-order valence-electron chi connectivity index (χ0n) is 8.14. The Labute approximate surface area is 83.4 Å². The van der Waals surface area contributed by atoms with Gasteiger partial charge in [0.1, 0.15) is 12.3 Å². The van der Waals surface area contributed by atoms with Crippen molar-refractivity contribution in [1.29, 1.82) is 0 Å². The van der Waals surface area contributed by atoms with Crippen molar-refractivity contribution in [1.82, 2.24) is 0 Å². The summed E-state index contributed by atoms with van der Waals surface area (Å²) in [6.45, 7) is 2.52. The number of rotatable bonds is 5. The van der Waals surface area contributed by atoms with Gasteiger partial charge in [-0.2, -0.15) is 0 Å². The molecule has 1 rings (SSSR count). The third kappa shape index (κ3) is 3.01. The van der Waals surface area contributed by atoms with Crippen LogP contribution in [0.25, 0.3) is 0 Å². The Balaban J connectivity index is 2.72.